The van der Waals surface area contributed by atoms with Crippen LogP contribution in [0.15, 0.2) is 40.8 Å². The third kappa shape index (κ3) is 2.88. The van der Waals surface area contributed by atoms with Crippen molar-refractivity contribution in [3.63, 3.8) is 0 Å². The van der Waals surface area contributed by atoms with Crippen molar-refractivity contribution in [3.8, 4) is 40.2 Å². The summed E-state index contributed by atoms with van der Waals surface area (Å²) in [5, 5.41) is 8.69. The van der Waals surface area contributed by atoms with E-state index in [0.29, 0.717) is 45.2 Å². The number of hydrogen-bond acceptors (Lipinski definition) is 6. The molecule has 0 saturated heterocycles. The van der Waals surface area contributed by atoms with Crippen LogP contribution in [0.2, 0.25) is 5.02 Å². The topological polar surface area (TPSA) is 66.6 Å². The van der Waals surface area contributed by atoms with Gasteiger partial charge in [-0.05, 0) is 24.3 Å². The second-order valence-corrected chi connectivity index (χ2v) is 5.21. The van der Waals surface area contributed by atoms with Crippen molar-refractivity contribution in [3.05, 3.63) is 41.4 Å². The molecule has 3 aromatic rings. The first-order valence-electron chi connectivity index (χ1n) is 7.06. The van der Waals surface area contributed by atoms with Gasteiger partial charge < -0.3 is 18.6 Å². The third-order valence-corrected chi connectivity index (χ3v) is 3.77. The lowest BCUT2D eigenvalue weighted by molar-refractivity contribution is 0.324. The molecule has 124 valence electrons. The van der Waals surface area contributed by atoms with Crippen molar-refractivity contribution in [2.75, 3.05) is 21.3 Å². The van der Waals surface area contributed by atoms with Gasteiger partial charge in [0.15, 0.2) is 11.5 Å². The van der Waals surface area contributed by atoms with Crippen molar-refractivity contribution in [2.45, 2.75) is 0 Å². The molecule has 0 aliphatic rings. The predicted molar refractivity (Wildman–Crippen MR) is 89.8 cm³/mol. The van der Waals surface area contributed by atoms with E-state index in [-0.39, 0.29) is 0 Å². The summed E-state index contributed by atoms with van der Waals surface area (Å²) in [5.41, 5.74) is 1.32. The number of methoxy groups -OCH3 is 3. The number of ether oxygens (including phenoxy) is 3. The maximum atomic E-state index is 6.16. The zero-order chi connectivity index (χ0) is 17.1. The van der Waals surface area contributed by atoms with Crippen molar-refractivity contribution < 1.29 is 18.6 Å². The van der Waals surface area contributed by atoms with E-state index in [1.807, 2.05) is 18.2 Å². The van der Waals surface area contributed by atoms with Gasteiger partial charge >= 0.3 is 0 Å². The van der Waals surface area contributed by atoms with E-state index in [1.165, 1.54) is 0 Å². The summed E-state index contributed by atoms with van der Waals surface area (Å²) in [5.74, 6) is 2.16. The van der Waals surface area contributed by atoms with Gasteiger partial charge in [0.2, 0.25) is 17.5 Å². The average molecular weight is 347 g/mol. The molecule has 1 aromatic heterocycles. The first-order valence-corrected chi connectivity index (χ1v) is 7.44. The molecular formula is C17H15ClN2O4. The molecule has 2 aromatic carbocycles. The number of nitrogens with zero attached hydrogens (tertiary/aromatic N) is 2. The molecule has 0 aliphatic heterocycles. The van der Waals surface area contributed by atoms with Gasteiger partial charge in [-0.25, -0.2) is 0 Å². The van der Waals surface area contributed by atoms with E-state index >= 15 is 0 Å². The lowest BCUT2D eigenvalue weighted by atomic mass is 10.2. The molecule has 3 rings (SSSR count). The van der Waals surface area contributed by atoms with Crippen LogP contribution >= 0.6 is 11.6 Å². The summed E-state index contributed by atoms with van der Waals surface area (Å²) in [4.78, 5) is 0. The molecule has 0 amide bonds. The van der Waals surface area contributed by atoms with Gasteiger partial charge in [0.1, 0.15) is 0 Å². The Morgan fingerprint density at radius 2 is 1.50 bits per heavy atom. The van der Waals surface area contributed by atoms with E-state index in [0.717, 1.165) is 0 Å². The molecular weight excluding hydrogens is 332 g/mol. The molecule has 0 N–H and O–H groups in total. The Kier molecular flexibility index (Phi) is 4.57. The number of rotatable bonds is 5. The molecule has 0 radical (unpaired) electrons. The molecule has 0 atom stereocenters. The molecule has 7 heteroatoms. The Morgan fingerprint density at radius 1 is 0.875 bits per heavy atom. The molecule has 0 saturated carbocycles. The quantitative estimate of drug-likeness (QED) is 0.693. The van der Waals surface area contributed by atoms with Crippen LogP contribution in [0.1, 0.15) is 0 Å². The van der Waals surface area contributed by atoms with Gasteiger partial charge in [-0.15, -0.1) is 10.2 Å². The molecule has 0 bridgehead atoms. The van der Waals surface area contributed by atoms with Crippen molar-refractivity contribution in [1.82, 2.24) is 10.2 Å². The van der Waals surface area contributed by atoms with Crippen LogP contribution in [0.3, 0.4) is 0 Å². The number of halogens is 1. The molecule has 0 spiro atoms. The highest BCUT2D eigenvalue weighted by Gasteiger charge is 2.18. The summed E-state index contributed by atoms with van der Waals surface area (Å²) >= 11 is 6.16. The van der Waals surface area contributed by atoms with Crippen LogP contribution < -0.4 is 14.2 Å². The predicted octanol–water partition coefficient (Wildman–Crippen LogP) is 4.08. The maximum Gasteiger partial charge on any atom is 0.249 e. The van der Waals surface area contributed by atoms with Crippen LogP contribution in [0.5, 0.6) is 17.2 Å². The standard InChI is InChI=1S/C17H15ClN2O4/c1-21-13-8-10(9-14(22-2)15(13)23-3)16-19-20-17(24-16)11-6-4-5-7-12(11)18/h4-9H,1-3H3. The van der Waals surface area contributed by atoms with Crippen LogP contribution in [0.4, 0.5) is 0 Å². The Hall–Kier alpha value is -2.73. The van der Waals surface area contributed by atoms with Crippen LogP contribution in [-0.4, -0.2) is 31.5 Å². The lowest BCUT2D eigenvalue weighted by Gasteiger charge is -2.12. The van der Waals surface area contributed by atoms with E-state index in [2.05, 4.69) is 10.2 Å². The summed E-state index contributed by atoms with van der Waals surface area (Å²) in [6.07, 6.45) is 0. The molecule has 24 heavy (non-hydrogen) atoms. The molecule has 6 nitrogen and oxygen atoms in total. The fourth-order valence-electron chi connectivity index (χ4n) is 2.29. The van der Waals surface area contributed by atoms with Crippen LogP contribution in [-0.2, 0) is 0 Å². The van der Waals surface area contributed by atoms with Gasteiger partial charge in [-0.3, -0.25) is 0 Å². The van der Waals surface area contributed by atoms with Gasteiger partial charge in [0.25, 0.3) is 0 Å². The Labute approximate surface area is 143 Å². The minimum absolute atomic E-state index is 0.323. The van der Waals surface area contributed by atoms with E-state index < -0.39 is 0 Å². The fourth-order valence-corrected chi connectivity index (χ4v) is 2.50. The van der Waals surface area contributed by atoms with Crippen molar-refractivity contribution in [1.29, 1.82) is 0 Å². The molecule has 0 fully saturated rings. The Balaban J connectivity index is 2.06. The highest BCUT2D eigenvalue weighted by Crippen LogP contribution is 2.41. The summed E-state index contributed by atoms with van der Waals surface area (Å²) in [6, 6.07) is 10.7. The monoisotopic (exact) mass is 346 g/mol. The number of benzene rings is 2. The highest BCUT2D eigenvalue weighted by atomic mass is 35.5. The summed E-state index contributed by atoms with van der Waals surface area (Å²) < 4.78 is 21.7. The summed E-state index contributed by atoms with van der Waals surface area (Å²) in [7, 11) is 4.64. The Bertz CT molecular complexity index is 838. The largest absolute Gasteiger partial charge is 0.493 e. The van der Waals surface area contributed by atoms with Crippen LogP contribution in [0, 0.1) is 0 Å². The van der Waals surface area contributed by atoms with Crippen LogP contribution in [0.25, 0.3) is 22.9 Å². The first-order chi connectivity index (χ1) is 11.7. The Morgan fingerprint density at radius 3 is 2.08 bits per heavy atom. The second kappa shape index (κ2) is 6.80. The van der Waals surface area contributed by atoms with Gasteiger partial charge in [-0.2, -0.15) is 0 Å². The van der Waals surface area contributed by atoms with Gasteiger partial charge in [-0.1, -0.05) is 23.7 Å². The van der Waals surface area contributed by atoms with Gasteiger partial charge in [0, 0.05) is 5.56 Å². The fraction of sp³-hybridized carbons (Fsp3) is 0.176. The highest BCUT2D eigenvalue weighted by molar-refractivity contribution is 6.33. The minimum Gasteiger partial charge on any atom is -0.493 e. The molecule has 0 unspecified atom stereocenters. The van der Waals surface area contributed by atoms with E-state index in [4.69, 9.17) is 30.2 Å². The number of hydrogen-bond donors (Lipinski definition) is 0. The molecule has 1 heterocycles. The normalized spacial score (nSPS) is 10.5. The molecule has 0 aliphatic carbocycles. The van der Waals surface area contributed by atoms with Crippen molar-refractivity contribution in [2.24, 2.45) is 0 Å². The first kappa shape index (κ1) is 16.1. The SMILES string of the molecule is COc1cc(-c2nnc(-c3ccccc3Cl)o2)cc(OC)c1OC. The van der Waals surface area contributed by atoms with Gasteiger partial charge in [0.05, 0.1) is 31.9 Å². The van der Waals surface area contributed by atoms with Crippen molar-refractivity contribution >= 4 is 11.6 Å². The van der Waals surface area contributed by atoms with E-state index in [1.54, 1.807) is 39.5 Å². The third-order valence-electron chi connectivity index (χ3n) is 3.44. The maximum absolute atomic E-state index is 6.16. The smallest absolute Gasteiger partial charge is 0.249 e. The zero-order valence-electron chi connectivity index (χ0n) is 13.4. The minimum atomic E-state index is 0.323. The lowest BCUT2D eigenvalue weighted by Crippen LogP contribution is -1.95. The number of aromatic nitrogens is 2. The second-order valence-electron chi connectivity index (χ2n) is 4.81. The van der Waals surface area contributed by atoms with E-state index in [9.17, 15) is 0 Å². The average Bonchev–Trinajstić information content (AvgIpc) is 3.10. The zero-order valence-corrected chi connectivity index (χ0v) is 14.1. The summed E-state index contributed by atoms with van der Waals surface area (Å²) in [6.45, 7) is 0.